The third-order valence-electron chi connectivity index (χ3n) is 5.42. The van der Waals surface area contributed by atoms with E-state index in [1.807, 2.05) is 42.2 Å². The SMILES string of the molecule is CCCCN(CC(=O)Nc1c(C)cccc1C(C)C)Cc1nc2ccccc2c(=O)[nH]1. The van der Waals surface area contributed by atoms with Crippen LogP contribution in [0.25, 0.3) is 10.9 Å². The monoisotopic (exact) mass is 420 g/mol. The van der Waals surface area contributed by atoms with Crippen molar-refractivity contribution in [2.75, 3.05) is 18.4 Å². The Balaban J connectivity index is 1.78. The van der Waals surface area contributed by atoms with Gasteiger partial charge in [-0.1, -0.05) is 57.5 Å². The van der Waals surface area contributed by atoms with Gasteiger partial charge in [0, 0.05) is 5.69 Å². The number of nitrogens with zero attached hydrogens (tertiary/aromatic N) is 2. The molecule has 0 aliphatic rings. The molecule has 1 amide bonds. The summed E-state index contributed by atoms with van der Waals surface area (Å²) in [6, 6.07) is 13.4. The first-order valence-electron chi connectivity index (χ1n) is 11.0. The molecule has 2 aromatic carbocycles. The van der Waals surface area contributed by atoms with Crippen LogP contribution in [0.15, 0.2) is 47.3 Å². The molecule has 2 N–H and O–H groups in total. The lowest BCUT2D eigenvalue weighted by atomic mass is 9.98. The fourth-order valence-electron chi connectivity index (χ4n) is 3.74. The van der Waals surface area contributed by atoms with Crippen molar-refractivity contribution in [1.82, 2.24) is 14.9 Å². The van der Waals surface area contributed by atoms with E-state index in [0.717, 1.165) is 36.2 Å². The second-order valence-corrected chi connectivity index (χ2v) is 8.34. The van der Waals surface area contributed by atoms with Crippen LogP contribution in [-0.2, 0) is 11.3 Å². The molecule has 3 aromatic rings. The van der Waals surface area contributed by atoms with E-state index in [1.54, 1.807) is 6.07 Å². The summed E-state index contributed by atoms with van der Waals surface area (Å²) in [4.78, 5) is 34.9. The largest absolute Gasteiger partial charge is 0.324 e. The molecule has 0 aliphatic carbocycles. The topological polar surface area (TPSA) is 78.1 Å². The number of aromatic amines is 1. The summed E-state index contributed by atoms with van der Waals surface area (Å²) in [6.07, 6.45) is 1.99. The minimum absolute atomic E-state index is 0.0598. The van der Waals surface area contributed by atoms with Crippen molar-refractivity contribution in [2.45, 2.75) is 53.0 Å². The molecule has 0 aliphatic heterocycles. The molecule has 0 saturated carbocycles. The summed E-state index contributed by atoms with van der Waals surface area (Å²) >= 11 is 0. The number of nitrogens with one attached hydrogen (secondary N) is 2. The Hall–Kier alpha value is -2.99. The van der Waals surface area contributed by atoms with Crippen molar-refractivity contribution in [2.24, 2.45) is 0 Å². The molecule has 0 bridgehead atoms. The highest BCUT2D eigenvalue weighted by Crippen LogP contribution is 2.27. The van der Waals surface area contributed by atoms with Gasteiger partial charge < -0.3 is 10.3 Å². The van der Waals surface area contributed by atoms with Gasteiger partial charge in [-0.3, -0.25) is 14.5 Å². The van der Waals surface area contributed by atoms with Gasteiger partial charge in [-0.05, 0) is 49.1 Å². The van der Waals surface area contributed by atoms with Crippen molar-refractivity contribution < 1.29 is 4.79 Å². The Morgan fingerprint density at radius 1 is 1.16 bits per heavy atom. The predicted octanol–water partition coefficient (Wildman–Crippen LogP) is 4.60. The van der Waals surface area contributed by atoms with Crippen molar-refractivity contribution in [3.05, 3.63) is 69.8 Å². The van der Waals surface area contributed by atoms with E-state index in [2.05, 4.69) is 42.1 Å². The maximum atomic E-state index is 12.9. The highest BCUT2D eigenvalue weighted by Gasteiger charge is 2.16. The smallest absolute Gasteiger partial charge is 0.258 e. The zero-order chi connectivity index (χ0) is 22.4. The lowest BCUT2D eigenvalue weighted by Gasteiger charge is -2.22. The van der Waals surface area contributed by atoms with Gasteiger partial charge in [-0.2, -0.15) is 0 Å². The summed E-state index contributed by atoms with van der Waals surface area (Å²) in [7, 11) is 0. The minimum atomic E-state index is -0.151. The van der Waals surface area contributed by atoms with Crippen LogP contribution in [-0.4, -0.2) is 33.9 Å². The van der Waals surface area contributed by atoms with Crippen LogP contribution in [0.4, 0.5) is 5.69 Å². The molecule has 1 heterocycles. The van der Waals surface area contributed by atoms with Gasteiger partial charge in [-0.25, -0.2) is 4.98 Å². The van der Waals surface area contributed by atoms with Gasteiger partial charge in [-0.15, -0.1) is 0 Å². The van der Waals surface area contributed by atoms with Crippen LogP contribution in [0.5, 0.6) is 0 Å². The number of para-hydroxylation sites is 2. The Kier molecular flexibility index (Phi) is 7.58. The van der Waals surface area contributed by atoms with Crippen molar-refractivity contribution in [3.8, 4) is 0 Å². The summed E-state index contributed by atoms with van der Waals surface area (Å²) in [5, 5.41) is 3.69. The van der Waals surface area contributed by atoms with Gasteiger partial charge in [0.1, 0.15) is 5.82 Å². The van der Waals surface area contributed by atoms with Crippen molar-refractivity contribution >= 4 is 22.5 Å². The van der Waals surface area contributed by atoms with Gasteiger partial charge in [0.25, 0.3) is 5.56 Å². The molecule has 0 atom stereocenters. The average Bonchev–Trinajstić information content (AvgIpc) is 2.73. The molecule has 0 radical (unpaired) electrons. The summed E-state index contributed by atoms with van der Waals surface area (Å²) < 4.78 is 0. The van der Waals surface area contributed by atoms with Crippen LogP contribution >= 0.6 is 0 Å². The molecule has 3 rings (SSSR count). The molecule has 0 fully saturated rings. The van der Waals surface area contributed by atoms with E-state index in [1.165, 1.54) is 0 Å². The maximum absolute atomic E-state index is 12.9. The van der Waals surface area contributed by atoms with Crippen LogP contribution in [0, 0.1) is 6.92 Å². The number of carbonyl (C=O) groups is 1. The standard InChI is InChI=1S/C25H32N4O2/c1-5-6-14-29(15-22-26-21-13-8-7-11-20(21)25(31)27-22)16-23(30)28-24-18(4)10-9-12-19(24)17(2)3/h7-13,17H,5-6,14-16H2,1-4H3,(H,28,30)(H,26,27,31). The number of H-pyrrole nitrogens is 1. The highest BCUT2D eigenvalue weighted by atomic mass is 16.2. The Morgan fingerprint density at radius 2 is 1.94 bits per heavy atom. The Morgan fingerprint density at radius 3 is 2.68 bits per heavy atom. The molecular formula is C25H32N4O2. The third kappa shape index (κ3) is 5.79. The summed E-state index contributed by atoms with van der Waals surface area (Å²) in [5.74, 6) is 0.833. The van der Waals surface area contributed by atoms with Crippen LogP contribution in [0.1, 0.15) is 56.5 Å². The number of aromatic nitrogens is 2. The number of hydrogen-bond acceptors (Lipinski definition) is 4. The number of fused-ring (bicyclic) bond motifs is 1. The van der Waals surface area contributed by atoms with Gasteiger partial charge >= 0.3 is 0 Å². The second kappa shape index (κ2) is 10.4. The van der Waals surface area contributed by atoms with Gasteiger partial charge in [0.2, 0.25) is 5.91 Å². The lowest BCUT2D eigenvalue weighted by molar-refractivity contribution is -0.117. The van der Waals surface area contributed by atoms with Crippen LogP contribution in [0.2, 0.25) is 0 Å². The fraction of sp³-hybridized carbons (Fsp3) is 0.400. The van der Waals surface area contributed by atoms with E-state index in [9.17, 15) is 9.59 Å². The number of aryl methyl sites for hydroxylation is 1. The Labute approximate surface area is 183 Å². The second-order valence-electron chi connectivity index (χ2n) is 8.34. The summed E-state index contributed by atoms with van der Waals surface area (Å²) in [6.45, 7) is 9.79. The molecule has 164 valence electrons. The van der Waals surface area contributed by atoms with Gasteiger partial charge in [0.15, 0.2) is 0 Å². The van der Waals surface area contributed by atoms with Gasteiger partial charge in [0.05, 0.1) is 24.0 Å². The number of anilines is 1. The first-order valence-corrected chi connectivity index (χ1v) is 11.0. The number of unbranched alkanes of at least 4 members (excludes halogenated alkanes) is 1. The number of benzene rings is 2. The average molecular weight is 421 g/mol. The first-order chi connectivity index (χ1) is 14.9. The molecule has 0 unspecified atom stereocenters. The number of hydrogen-bond donors (Lipinski definition) is 2. The van der Waals surface area contributed by atoms with Crippen molar-refractivity contribution in [1.29, 1.82) is 0 Å². The summed E-state index contributed by atoms with van der Waals surface area (Å²) in [5.41, 5.74) is 3.61. The lowest BCUT2D eigenvalue weighted by Crippen LogP contribution is -2.35. The maximum Gasteiger partial charge on any atom is 0.258 e. The zero-order valence-electron chi connectivity index (χ0n) is 18.9. The fourth-order valence-corrected chi connectivity index (χ4v) is 3.74. The third-order valence-corrected chi connectivity index (χ3v) is 5.42. The number of carbonyl (C=O) groups excluding carboxylic acids is 1. The molecule has 6 heteroatoms. The highest BCUT2D eigenvalue weighted by molar-refractivity contribution is 5.94. The molecule has 1 aromatic heterocycles. The zero-order valence-corrected chi connectivity index (χ0v) is 18.9. The van der Waals surface area contributed by atoms with Crippen LogP contribution in [0.3, 0.4) is 0 Å². The van der Waals surface area contributed by atoms with E-state index in [-0.39, 0.29) is 18.0 Å². The Bertz CT molecular complexity index is 1100. The first kappa shape index (κ1) is 22.7. The number of rotatable bonds is 9. The van der Waals surface area contributed by atoms with E-state index < -0.39 is 0 Å². The predicted molar refractivity (Wildman–Crippen MR) is 126 cm³/mol. The molecule has 0 saturated heterocycles. The molecule has 31 heavy (non-hydrogen) atoms. The van der Waals surface area contributed by atoms with E-state index >= 15 is 0 Å². The normalized spacial score (nSPS) is 11.4. The molecule has 0 spiro atoms. The van der Waals surface area contributed by atoms with Crippen LogP contribution < -0.4 is 10.9 Å². The van der Waals surface area contributed by atoms with E-state index in [4.69, 9.17) is 0 Å². The van der Waals surface area contributed by atoms with E-state index in [0.29, 0.717) is 29.2 Å². The molecular weight excluding hydrogens is 388 g/mol. The number of amides is 1. The quantitative estimate of drug-likeness (QED) is 0.530. The van der Waals surface area contributed by atoms with Crippen molar-refractivity contribution in [3.63, 3.8) is 0 Å². The minimum Gasteiger partial charge on any atom is -0.324 e. The molecule has 6 nitrogen and oxygen atoms in total.